The van der Waals surface area contributed by atoms with Gasteiger partial charge in [-0.3, -0.25) is 0 Å². The molecule has 0 bridgehead atoms. The predicted octanol–water partition coefficient (Wildman–Crippen LogP) is 2.69. The van der Waals surface area contributed by atoms with Crippen molar-refractivity contribution in [3.8, 4) is 0 Å². The van der Waals surface area contributed by atoms with Gasteiger partial charge in [0, 0.05) is 12.8 Å². The summed E-state index contributed by atoms with van der Waals surface area (Å²) in [6.45, 7) is 0. The number of aromatic amines is 2. The first-order chi connectivity index (χ1) is 8.52. The van der Waals surface area contributed by atoms with Crippen molar-refractivity contribution < 1.29 is 0 Å². The molecule has 0 amide bonds. The molecule has 0 atom stereocenters. The van der Waals surface area contributed by atoms with Crippen LogP contribution in [0, 0.1) is 9.54 Å². The maximum atomic E-state index is 4.99. The van der Waals surface area contributed by atoms with Crippen LogP contribution in [0.25, 0.3) is 0 Å². The maximum absolute atomic E-state index is 4.99. The van der Waals surface area contributed by atoms with Crippen molar-refractivity contribution in [1.82, 2.24) is 29.9 Å². The lowest BCUT2D eigenvalue weighted by Gasteiger charge is -2.01. The van der Waals surface area contributed by atoms with Crippen molar-refractivity contribution >= 4 is 56.3 Å². The topological polar surface area (TPSA) is 83.1 Å². The largest absolute Gasteiger partial charge is 0.321 e. The Kier molecular flexibility index (Phi) is 4.65. The lowest BCUT2D eigenvalue weighted by atomic mass is 10.3. The van der Waals surface area contributed by atoms with Gasteiger partial charge in [0.2, 0.25) is 14.2 Å². The fourth-order valence-electron chi connectivity index (χ4n) is 1.26. The molecule has 0 aromatic carbocycles. The molecule has 2 heterocycles. The molecule has 6 nitrogen and oxygen atoms in total. The summed E-state index contributed by atoms with van der Waals surface area (Å²) in [6.07, 6.45) is 1.22. The monoisotopic (exact) mass is 408 g/mol. The van der Waals surface area contributed by atoms with E-state index in [4.69, 9.17) is 24.4 Å². The number of rotatable bonds is 3. The predicted molar refractivity (Wildman–Crippen MR) is 77.2 cm³/mol. The second-order valence-corrected chi connectivity index (χ2v) is 5.45. The van der Waals surface area contributed by atoms with E-state index in [1.807, 2.05) is 0 Å². The molecule has 2 aromatic rings. The Labute approximate surface area is 129 Å². The van der Waals surface area contributed by atoms with Gasteiger partial charge < -0.3 is 9.97 Å². The summed E-state index contributed by atoms with van der Waals surface area (Å²) in [5.41, 5.74) is 0. The molecule has 0 saturated carbocycles. The van der Waals surface area contributed by atoms with Gasteiger partial charge in [0.15, 0.2) is 4.77 Å². The van der Waals surface area contributed by atoms with Crippen LogP contribution in [-0.2, 0) is 12.8 Å². The number of hydrogen-bond donors (Lipinski definition) is 2. The highest BCUT2D eigenvalue weighted by molar-refractivity contribution is 9.11. The molecule has 0 fully saturated rings. The summed E-state index contributed by atoms with van der Waals surface area (Å²) >= 11 is 16.4. The van der Waals surface area contributed by atoms with Gasteiger partial charge in [0.25, 0.3) is 0 Å². The van der Waals surface area contributed by atoms with Crippen molar-refractivity contribution in [2.75, 3.05) is 0 Å². The fourth-order valence-corrected chi connectivity index (χ4v) is 2.74. The Balaban J connectivity index is 2.16. The van der Waals surface area contributed by atoms with Gasteiger partial charge in [0.05, 0.1) is 0 Å². The van der Waals surface area contributed by atoms with E-state index in [2.05, 4.69) is 61.8 Å². The smallest absolute Gasteiger partial charge is 0.200 e. The van der Waals surface area contributed by atoms with E-state index in [1.54, 1.807) is 0 Å². The van der Waals surface area contributed by atoms with Crippen molar-refractivity contribution in [2.45, 2.75) is 12.8 Å². The van der Waals surface area contributed by atoms with Gasteiger partial charge in [-0.05, 0) is 56.3 Å². The van der Waals surface area contributed by atoms with Gasteiger partial charge in [-0.25, -0.2) is 15.0 Å². The highest BCUT2D eigenvalue weighted by atomic mass is 79.9. The summed E-state index contributed by atoms with van der Waals surface area (Å²) in [5, 5.41) is 0. The molecule has 0 aliphatic heterocycles. The Morgan fingerprint density at radius 3 is 2.17 bits per heavy atom. The second kappa shape index (κ2) is 6.04. The first kappa shape index (κ1) is 13.8. The molecule has 18 heavy (non-hydrogen) atoms. The van der Waals surface area contributed by atoms with Crippen LogP contribution in [-0.4, -0.2) is 29.9 Å². The quantitative estimate of drug-likeness (QED) is 0.758. The molecule has 94 valence electrons. The normalized spacial score (nSPS) is 10.6. The van der Waals surface area contributed by atoms with Crippen LogP contribution in [0.15, 0.2) is 9.47 Å². The highest BCUT2D eigenvalue weighted by Crippen LogP contribution is 2.09. The number of halogens is 2. The molecular weight excluding hydrogens is 404 g/mol. The molecule has 10 heteroatoms. The molecule has 0 saturated heterocycles. The molecule has 0 aliphatic carbocycles. The average molecular weight is 410 g/mol. The Bertz CT molecular complexity index is 633. The van der Waals surface area contributed by atoms with Crippen LogP contribution in [0.3, 0.4) is 0 Å². The Morgan fingerprint density at radius 1 is 0.889 bits per heavy atom. The average Bonchev–Trinajstić information content (AvgIpc) is 2.23. The van der Waals surface area contributed by atoms with E-state index in [0.717, 1.165) is 0 Å². The SMILES string of the molecule is S=c1nc(CCc2nc(Br)nc(Br)n2)[nH]c(=S)[nH]1. The minimum Gasteiger partial charge on any atom is -0.321 e. The summed E-state index contributed by atoms with van der Waals surface area (Å²) in [7, 11) is 0. The lowest BCUT2D eigenvalue weighted by Crippen LogP contribution is -2.04. The molecule has 2 rings (SSSR count). The van der Waals surface area contributed by atoms with Crippen molar-refractivity contribution in [2.24, 2.45) is 0 Å². The fraction of sp³-hybridized carbons (Fsp3) is 0.250. The summed E-state index contributed by atoms with van der Waals surface area (Å²) in [6, 6.07) is 0. The van der Waals surface area contributed by atoms with E-state index < -0.39 is 0 Å². The summed E-state index contributed by atoms with van der Waals surface area (Å²) < 4.78 is 1.81. The molecule has 0 radical (unpaired) electrons. The molecule has 0 aliphatic rings. The second-order valence-electron chi connectivity index (χ2n) is 3.23. The zero-order chi connectivity index (χ0) is 13.1. The molecule has 0 unspecified atom stereocenters. The van der Waals surface area contributed by atoms with Crippen LogP contribution < -0.4 is 0 Å². The molecular formula is C8H6Br2N6S2. The molecule has 2 aromatic heterocycles. The van der Waals surface area contributed by atoms with Gasteiger partial charge in [-0.15, -0.1) is 0 Å². The maximum Gasteiger partial charge on any atom is 0.200 e. The minimum absolute atomic E-state index is 0.367. The first-order valence-electron chi connectivity index (χ1n) is 4.78. The Morgan fingerprint density at radius 2 is 1.56 bits per heavy atom. The van der Waals surface area contributed by atoms with Crippen LogP contribution >= 0.6 is 56.3 Å². The summed E-state index contributed by atoms with van der Waals surface area (Å²) in [4.78, 5) is 22.1. The van der Waals surface area contributed by atoms with Gasteiger partial charge >= 0.3 is 0 Å². The van der Waals surface area contributed by atoms with Crippen LogP contribution in [0.4, 0.5) is 0 Å². The van der Waals surface area contributed by atoms with Crippen molar-refractivity contribution in [3.63, 3.8) is 0 Å². The number of H-pyrrole nitrogens is 2. The zero-order valence-corrected chi connectivity index (χ0v) is 13.6. The number of hydrogen-bond acceptors (Lipinski definition) is 6. The number of nitrogens with zero attached hydrogens (tertiary/aromatic N) is 4. The van der Waals surface area contributed by atoms with E-state index in [9.17, 15) is 0 Å². The zero-order valence-electron chi connectivity index (χ0n) is 8.78. The van der Waals surface area contributed by atoms with Crippen LogP contribution in [0.5, 0.6) is 0 Å². The number of nitrogens with one attached hydrogen (secondary N) is 2. The van der Waals surface area contributed by atoms with Gasteiger partial charge in [-0.2, -0.15) is 4.98 Å². The van der Waals surface area contributed by atoms with Gasteiger partial charge in [-0.1, -0.05) is 0 Å². The summed E-state index contributed by atoms with van der Waals surface area (Å²) in [5.74, 6) is 1.36. The number of aromatic nitrogens is 6. The van der Waals surface area contributed by atoms with E-state index in [0.29, 0.717) is 43.5 Å². The van der Waals surface area contributed by atoms with Crippen molar-refractivity contribution in [1.29, 1.82) is 0 Å². The lowest BCUT2D eigenvalue weighted by molar-refractivity contribution is 0.762. The van der Waals surface area contributed by atoms with E-state index in [-0.39, 0.29) is 0 Å². The van der Waals surface area contributed by atoms with Gasteiger partial charge in [0.1, 0.15) is 11.6 Å². The third-order valence-corrected chi connectivity index (χ3v) is 3.03. The van der Waals surface area contributed by atoms with E-state index in [1.165, 1.54) is 0 Å². The molecule has 0 spiro atoms. The highest BCUT2D eigenvalue weighted by Gasteiger charge is 2.04. The van der Waals surface area contributed by atoms with Crippen molar-refractivity contribution in [3.05, 3.63) is 30.7 Å². The minimum atomic E-state index is 0.367. The van der Waals surface area contributed by atoms with E-state index >= 15 is 0 Å². The standard InChI is InChI=1S/C8H6Br2N6S2/c9-5-11-3(12-6(10)15-5)1-2-4-13-7(17)16-8(18)14-4/h1-2H2,(H2,13,14,16,17,18). The number of aryl methyl sites for hydroxylation is 2. The Hall–Kier alpha value is -0.580. The van der Waals surface area contributed by atoms with Crippen LogP contribution in [0.1, 0.15) is 11.6 Å². The third-order valence-electron chi connectivity index (χ3n) is 1.93. The third kappa shape index (κ3) is 3.97. The van der Waals surface area contributed by atoms with Crippen LogP contribution in [0.2, 0.25) is 0 Å². The first-order valence-corrected chi connectivity index (χ1v) is 7.18. The molecule has 2 N–H and O–H groups in total.